The number of rotatable bonds is 1. The summed E-state index contributed by atoms with van der Waals surface area (Å²) in [6.07, 6.45) is 0.847. The third kappa shape index (κ3) is 1.49. The third-order valence-corrected chi connectivity index (χ3v) is 3.08. The van der Waals surface area contributed by atoms with E-state index in [-0.39, 0.29) is 6.04 Å². The largest absolute Gasteiger partial charge is 0.333 e. The van der Waals surface area contributed by atoms with E-state index in [2.05, 4.69) is 5.32 Å². The molecule has 0 aliphatic carbocycles. The molecule has 2 heterocycles. The standard InChI is InChI=1S/C9H14F2N2O/c1-9(10,11)8(14)13-3-2-6-4-12-5-7(6)13/h6-7,12H,2-5H2,1H3/t6-,7+/m1/s1. The quantitative estimate of drug-likeness (QED) is 0.673. The van der Waals surface area contributed by atoms with Gasteiger partial charge in [-0.25, -0.2) is 0 Å². The average Bonchev–Trinajstić information content (AvgIpc) is 2.59. The number of carbonyl (C=O) groups is 1. The molecule has 0 bridgehead atoms. The summed E-state index contributed by atoms with van der Waals surface area (Å²) in [5, 5.41) is 3.12. The van der Waals surface area contributed by atoms with E-state index in [1.54, 1.807) is 0 Å². The van der Waals surface area contributed by atoms with E-state index in [0.717, 1.165) is 13.0 Å². The van der Waals surface area contributed by atoms with Crippen molar-refractivity contribution < 1.29 is 13.6 Å². The van der Waals surface area contributed by atoms with Gasteiger partial charge in [0.05, 0.1) is 0 Å². The minimum absolute atomic E-state index is 0.00618. The minimum Gasteiger partial charge on any atom is -0.333 e. The summed E-state index contributed by atoms with van der Waals surface area (Å²) < 4.78 is 25.6. The smallest absolute Gasteiger partial charge is 0.322 e. The molecule has 0 aromatic carbocycles. The molecule has 14 heavy (non-hydrogen) atoms. The first-order valence-corrected chi connectivity index (χ1v) is 4.90. The van der Waals surface area contributed by atoms with Crippen LogP contribution in [0.4, 0.5) is 8.78 Å². The van der Waals surface area contributed by atoms with Gasteiger partial charge < -0.3 is 10.2 Å². The number of nitrogens with zero attached hydrogens (tertiary/aromatic N) is 1. The Kier molecular flexibility index (Phi) is 2.21. The zero-order valence-electron chi connectivity index (χ0n) is 8.09. The molecule has 2 saturated heterocycles. The monoisotopic (exact) mass is 204 g/mol. The van der Waals surface area contributed by atoms with Crippen LogP contribution in [0.5, 0.6) is 0 Å². The zero-order valence-corrected chi connectivity index (χ0v) is 8.09. The van der Waals surface area contributed by atoms with Gasteiger partial charge in [0, 0.05) is 32.6 Å². The number of likely N-dealkylation sites (tertiary alicyclic amines) is 1. The van der Waals surface area contributed by atoms with Crippen LogP contribution >= 0.6 is 0 Å². The molecular weight excluding hydrogens is 190 g/mol. The van der Waals surface area contributed by atoms with Gasteiger partial charge in [-0.1, -0.05) is 0 Å². The fraction of sp³-hybridized carbons (Fsp3) is 0.889. The summed E-state index contributed by atoms with van der Waals surface area (Å²) in [6.45, 7) is 2.67. The minimum atomic E-state index is -3.22. The second kappa shape index (κ2) is 3.15. The maximum absolute atomic E-state index is 12.8. The predicted molar refractivity (Wildman–Crippen MR) is 47.1 cm³/mol. The Labute approximate surface area is 81.4 Å². The summed E-state index contributed by atoms with van der Waals surface area (Å²) in [5.74, 6) is -3.87. The van der Waals surface area contributed by atoms with Crippen molar-refractivity contribution in [2.75, 3.05) is 19.6 Å². The van der Waals surface area contributed by atoms with Gasteiger partial charge >= 0.3 is 5.92 Å². The fourth-order valence-corrected chi connectivity index (χ4v) is 2.35. The van der Waals surface area contributed by atoms with Crippen molar-refractivity contribution in [2.24, 2.45) is 5.92 Å². The lowest BCUT2D eigenvalue weighted by molar-refractivity contribution is -0.155. The summed E-state index contributed by atoms with van der Waals surface area (Å²) in [7, 11) is 0. The number of alkyl halides is 2. The van der Waals surface area contributed by atoms with Gasteiger partial charge in [-0.2, -0.15) is 8.78 Å². The molecule has 2 rings (SSSR count). The third-order valence-electron chi connectivity index (χ3n) is 3.08. The Balaban J connectivity index is 2.09. The second-order valence-electron chi connectivity index (χ2n) is 4.16. The summed E-state index contributed by atoms with van der Waals surface area (Å²) in [4.78, 5) is 12.7. The Morgan fingerprint density at radius 2 is 2.21 bits per heavy atom. The molecule has 2 atom stereocenters. The number of carbonyl (C=O) groups excluding carboxylic acids is 1. The van der Waals surface area contributed by atoms with Crippen LogP contribution in [-0.4, -0.2) is 42.4 Å². The van der Waals surface area contributed by atoms with Gasteiger partial charge in [-0.05, 0) is 12.3 Å². The van der Waals surface area contributed by atoms with E-state index in [1.807, 2.05) is 0 Å². The lowest BCUT2D eigenvalue weighted by Crippen LogP contribution is -2.46. The van der Waals surface area contributed by atoms with Crippen molar-refractivity contribution in [1.82, 2.24) is 10.2 Å². The first-order valence-electron chi connectivity index (χ1n) is 4.90. The molecule has 1 N–H and O–H groups in total. The fourth-order valence-electron chi connectivity index (χ4n) is 2.35. The lowest BCUT2D eigenvalue weighted by Gasteiger charge is -2.25. The van der Waals surface area contributed by atoms with Crippen molar-refractivity contribution >= 4 is 5.91 Å². The molecule has 2 fully saturated rings. The second-order valence-corrected chi connectivity index (χ2v) is 4.16. The SMILES string of the molecule is CC(F)(F)C(=O)N1CC[C@@H]2CNC[C@@H]21. The molecule has 5 heteroatoms. The molecular formula is C9H14F2N2O. The molecule has 80 valence electrons. The van der Waals surface area contributed by atoms with E-state index in [4.69, 9.17) is 0 Å². The highest BCUT2D eigenvalue weighted by Crippen LogP contribution is 2.30. The lowest BCUT2D eigenvalue weighted by atomic mass is 10.1. The van der Waals surface area contributed by atoms with Crippen molar-refractivity contribution in [3.8, 4) is 0 Å². The molecule has 0 saturated carbocycles. The number of fused-ring (bicyclic) bond motifs is 1. The molecule has 2 aliphatic heterocycles. The molecule has 1 amide bonds. The Hall–Kier alpha value is -0.710. The van der Waals surface area contributed by atoms with Crippen LogP contribution in [-0.2, 0) is 4.79 Å². The van der Waals surface area contributed by atoms with Crippen molar-refractivity contribution in [3.63, 3.8) is 0 Å². The maximum Gasteiger partial charge on any atom is 0.322 e. The van der Waals surface area contributed by atoms with Crippen LogP contribution in [0, 0.1) is 5.92 Å². The van der Waals surface area contributed by atoms with Gasteiger partial charge in [0.25, 0.3) is 5.91 Å². The van der Waals surface area contributed by atoms with Crippen LogP contribution in [0.3, 0.4) is 0 Å². The maximum atomic E-state index is 12.8. The summed E-state index contributed by atoms with van der Waals surface area (Å²) >= 11 is 0. The summed E-state index contributed by atoms with van der Waals surface area (Å²) in [6, 6.07) is -0.00618. The van der Waals surface area contributed by atoms with Crippen LogP contribution in [0.2, 0.25) is 0 Å². The highest BCUT2D eigenvalue weighted by atomic mass is 19.3. The van der Waals surface area contributed by atoms with E-state index in [9.17, 15) is 13.6 Å². The topological polar surface area (TPSA) is 32.3 Å². The number of halogens is 2. The van der Waals surface area contributed by atoms with Gasteiger partial charge in [0.15, 0.2) is 0 Å². The van der Waals surface area contributed by atoms with Crippen LogP contribution < -0.4 is 5.32 Å². The molecule has 0 spiro atoms. The van der Waals surface area contributed by atoms with Gasteiger partial charge in [-0.15, -0.1) is 0 Å². The Morgan fingerprint density at radius 1 is 1.50 bits per heavy atom. The highest BCUT2D eigenvalue weighted by Gasteiger charge is 2.46. The van der Waals surface area contributed by atoms with E-state index in [0.29, 0.717) is 25.9 Å². The molecule has 3 nitrogen and oxygen atoms in total. The first kappa shape index (κ1) is 9.83. The predicted octanol–water partition coefficient (Wildman–Crippen LogP) is 0.462. The van der Waals surface area contributed by atoms with E-state index in [1.165, 1.54) is 4.90 Å². The highest BCUT2D eigenvalue weighted by molar-refractivity contribution is 5.83. The van der Waals surface area contributed by atoms with Crippen LogP contribution in [0.1, 0.15) is 13.3 Å². The Bertz CT molecular complexity index is 252. The zero-order chi connectivity index (χ0) is 10.3. The van der Waals surface area contributed by atoms with Crippen LogP contribution in [0.25, 0.3) is 0 Å². The number of hydrogen-bond acceptors (Lipinski definition) is 2. The van der Waals surface area contributed by atoms with E-state index < -0.39 is 11.8 Å². The van der Waals surface area contributed by atoms with Gasteiger partial charge in [-0.3, -0.25) is 4.79 Å². The number of hydrogen-bond donors (Lipinski definition) is 1. The number of nitrogens with one attached hydrogen (secondary N) is 1. The molecule has 0 aromatic heterocycles. The van der Waals surface area contributed by atoms with Crippen molar-refractivity contribution in [2.45, 2.75) is 25.3 Å². The first-order chi connectivity index (χ1) is 6.50. The van der Waals surface area contributed by atoms with Crippen LogP contribution in [0.15, 0.2) is 0 Å². The molecule has 2 aliphatic rings. The Morgan fingerprint density at radius 3 is 2.86 bits per heavy atom. The summed E-state index contributed by atoms with van der Waals surface area (Å²) in [5.41, 5.74) is 0. The van der Waals surface area contributed by atoms with Gasteiger partial charge in [0.2, 0.25) is 0 Å². The molecule has 0 aromatic rings. The molecule has 0 radical (unpaired) electrons. The normalized spacial score (nSPS) is 32.1. The molecule has 0 unspecified atom stereocenters. The van der Waals surface area contributed by atoms with Gasteiger partial charge in [0.1, 0.15) is 0 Å². The van der Waals surface area contributed by atoms with E-state index >= 15 is 0 Å². The van der Waals surface area contributed by atoms with Crippen molar-refractivity contribution in [3.05, 3.63) is 0 Å². The number of amides is 1. The van der Waals surface area contributed by atoms with Crippen molar-refractivity contribution in [1.29, 1.82) is 0 Å². The average molecular weight is 204 g/mol.